The summed E-state index contributed by atoms with van der Waals surface area (Å²) in [4.78, 5) is 23.8. The van der Waals surface area contributed by atoms with Crippen LogP contribution in [0.3, 0.4) is 0 Å². The highest BCUT2D eigenvalue weighted by Crippen LogP contribution is 2.29. The van der Waals surface area contributed by atoms with E-state index < -0.39 is 0 Å². The van der Waals surface area contributed by atoms with Crippen molar-refractivity contribution < 1.29 is 0 Å². The van der Waals surface area contributed by atoms with Crippen LogP contribution in [0.15, 0.2) is 146 Å². The molecule has 2 N–H and O–H groups in total. The van der Waals surface area contributed by atoms with Gasteiger partial charge in [-0.1, -0.05) is 72.8 Å². The van der Waals surface area contributed by atoms with Crippen LogP contribution in [0.1, 0.15) is 0 Å². The van der Waals surface area contributed by atoms with Crippen molar-refractivity contribution in [3.8, 4) is 0 Å². The maximum Gasteiger partial charge on any atom is 0.0703 e. The SMILES string of the molecule is c1ccc2ncc(NCCN(CCNc3cnc4ccccc4c3)CCN(c3cnc4ccccc4c3)c3cnc4ccccc4c3)cc2c1. The quantitative estimate of drug-likeness (QED) is 0.128. The van der Waals surface area contributed by atoms with E-state index in [0.29, 0.717) is 0 Å². The van der Waals surface area contributed by atoms with Gasteiger partial charge in [-0.2, -0.15) is 0 Å². The maximum atomic E-state index is 4.82. The van der Waals surface area contributed by atoms with Crippen LogP contribution < -0.4 is 15.5 Å². The molecule has 50 heavy (non-hydrogen) atoms. The summed E-state index contributed by atoms with van der Waals surface area (Å²) in [5.74, 6) is 0. The van der Waals surface area contributed by atoms with Crippen molar-refractivity contribution in [3.63, 3.8) is 0 Å². The average Bonchev–Trinajstić information content (AvgIpc) is 3.17. The molecule has 8 nitrogen and oxygen atoms in total. The van der Waals surface area contributed by atoms with Crippen molar-refractivity contribution in [2.24, 2.45) is 0 Å². The molecule has 4 heterocycles. The molecule has 0 radical (unpaired) electrons. The van der Waals surface area contributed by atoms with Crippen molar-refractivity contribution in [2.45, 2.75) is 0 Å². The number of pyridine rings is 4. The Hall–Kier alpha value is -6.12. The summed E-state index contributed by atoms with van der Waals surface area (Å²) in [7, 11) is 0. The number of nitrogens with one attached hydrogen (secondary N) is 2. The second kappa shape index (κ2) is 14.6. The van der Waals surface area contributed by atoms with E-state index >= 15 is 0 Å². The van der Waals surface area contributed by atoms with Gasteiger partial charge in [-0.3, -0.25) is 24.8 Å². The number of nitrogens with zero attached hydrogens (tertiary/aromatic N) is 6. The van der Waals surface area contributed by atoms with E-state index in [0.717, 1.165) is 106 Å². The van der Waals surface area contributed by atoms with Crippen molar-refractivity contribution >= 4 is 66.4 Å². The zero-order chi connectivity index (χ0) is 33.5. The van der Waals surface area contributed by atoms with E-state index in [2.05, 4.69) is 115 Å². The van der Waals surface area contributed by atoms with Gasteiger partial charge in [-0.05, 0) is 48.5 Å². The van der Waals surface area contributed by atoms with E-state index in [4.69, 9.17) is 9.97 Å². The fourth-order valence-electron chi connectivity index (χ4n) is 6.45. The third kappa shape index (κ3) is 7.16. The number of rotatable bonds is 13. The number of hydrogen-bond acceptors (Lipinski definition) is 8. The lowest BCUT2D eigenvalue weighted by atomic mass is 10.1. The third-order valence-corrected chi connectivity index (χ3v) is 9.11. The number of hydrogen-bond donors (Lipinski definition) is 2. The number of aromatic nitrogens is 4. The Morgan fingerprint density at radius 2 is 0.780 bits per heavy atom. The highest BCUT2D eigenvalue weighted by Gasteiger charge is 2.15. The Bertz CT molecular complexity index is 2230. The second-order valence-corrected chi connectivity index (χ2v) is 12.5. The zero-order valence-electron chi connectivity index (χ0n) is 27.8. The highest BCUT2D eigenvalue weighted by atomic mass is 15.2. The molecule has 0 bridgehead atoms. The van der Waals surface area contributed by atoms with Crippen LogP contribution >= 0.6 is 0 Å². The van der Waals surface area contributed by atoms with E-state index in [-0.39, 0.29) is 0 Å². The Balaban J connectivity index is 1.03. The van der Waals surface area contributed by atoms with E-state index in [9.17, 15) is 0 Å². The zero-order valence-corrected chi connectivity index (χ0v) is 27.8. The molecule has 8 rings (SSSR count). The number of benzene rings is 4. The van der Waals surface area contributed by atoms with Crippen molar-refractivity contribution in [3.05, 3.63) is 146 Å². The number of anilines is 4. The number of fused-ring (bicyclic) bond motifs is 4. The van der Waals surface area contributed by atoms with Crippen LogP contribution in [-0.4, -0.2) is 64.1 Å². The van der Waals surface area contributed by atoms with Crippen LogP contribution in [0.25, 0.3) is 43.6 Å². The fraction of sp³-hybridized carbons (Fsp3) is 0.143. The first-order valence-corrected chi connectivity index (χ1v) is 17.1. The predicted octanol–water partition coefficient (Wildman–Crippen LogP) is 8.54. The maximum absolute atomic E-state index is 4.82. The van der Waals surface area contributed by atoms with Crippen LogP contribution in [0.2, 0.25) is 0 Å². The van der Waals surface area contributed by atoms with Gasteiger partial charge < -0.3 is 15.5 Å². The van der Waals surface area contributed by atoms with Gasteiger partial charge in [0.1, 0.15) is 0 Å². The van der Waals surface area contributed by atoms with Crippen molar-refractivity contribution in [2.75, 3.05) is 54.8 Å². The van der Waals surface area contributed by atoms with Gasteiger partial charge in [-0.25, -0.2) is 0 Å². The molecule has 4 aromatic heterocycles. The molecule has 0 atom stereocenters. The molecule has 0 saturated carbocycles. The highest BCUT2D eigenvalue weighted by molar-refractivity contribution is 5.86. The molecule has 0 spiro atoms. The summed E-state index contributed by atoms with van der Waals surface area (Å²) in [5, 5.41) is 11.7. The van der Waals surface area contributed by atoms with Gasteiger partial charge in [0, 0.05) is 60.8 Å². The van der Waals surface area contributed by atoms with E-state index in [1.807, 2.05) is 61.2 Å². The first-order valence-electron chi connectivity index (χ1n) is 17.1. The monoisotopic (exact) mass is 654 g/mol. The minimum absolute atomic E-state index is 0.759. The molecular weight excluding hydrogens is 617 g/mol. The first-order chi connectivity index (χ1) is 24.7. The van der Waals surface area contributed by atoms with Crippen molar-refractivity contribution in [1.82, 2.24) is 24.8 Å². The third-order valence-electron chi connectivity index (χ3n) is 9.11. The number of para-hydroxylation sites is 4. The standard InChI is InChI=1S/C42H38N8/c1-5-13-39-31(9-1)23-35(27-45-39)43-17-19-49(20-18-44-36-24-32-10-2-6-14-40(32)46-28-36)21-22-50(37-25-33-11-3-7-15-41(33)47-29-37)38-26-34-12-4-8-16-42(34)48-30-38/h1-16,23-30,43-44H,17-22H2. The second-order valence-electron chi connectivity index (χ2n) is 12.5. The smallest absolute Gasteiger partial charge is 0.0703 e. The Labute approximate surface area is 291 Å². The molecule has 0 saturated heterocycles. The van der Waals surface area contributed by atoms with Gasteiger partial charge >= 0.3 is 0 Å². The molecule has 0 unspecified atom stereocenters. The van der Waals surface area contributed by atoms with Gasteiger partial charge in [0.25, 0.3) is 0 Å². The van der Waals surface area contributed by atoms with E-state index in [1.165, 1.54) is 0 Å². The lowest BCUT2D eigenvalue weighted by Gasteiger charge is -2.29. The molecule has 246 valence electrons. The summed E-state index contributed by atoms with van der Waals surface area (Å²) < 4.78 is 0. The van der Waals surface area contributed by atoms with Gasteiger partial charge in [-0.15, -0.1) is 0 Å². The Kier molecular flexibility index (Phi) is 9.07. The minimum Gasteiger partial charge on any atom is -0.382 e. The molecule has 0 amide bonds. The van der Waals surface area contributed by atoms with Crippen LogP contribution in [0.5, 0.6) is 0 Å². The predicted molar refractivity (Wildman–Crippen MR) is 207 cm³/mol. The average molecular weight is 655 g/mol. The summed E-state index contributed by atoms with van der Waals surface area (Å²) >= 11 is 0. The van der Waals surface area contributed by atoms with Gasteiger partial charge in [0.05, 0.1) is 69.6 Å². The molecule has 8 heteroatoms. The summed E-state index contributed by atoms with van der Waals surface area (Å²) in [6.45, 7) is 4.86. The van der Waals surface area contributed by atoms with Gasteiger partial charge in [0.2, 0.25) is 0 Å². The summed E-state index contributed by atoms with van der Waals surface area (Å²) in [6, 6.07) is 41.8. The van der Waals surface area contributed by atoms with Gasteiger partial charge in [0.15, 0.2) is 0 Å². The molecule has 4 aromatic carbocycles. The molecule has 0 aliphatic heterocycles. The normalized spacial score (nSPS) is 11.5. The molecule has 8 aromatic rings. The Morgan fingerprint density at radius 3 is 1.22 bits per heavy atom. The molecular formula is C42H38N8. The minimum atomic E-state index is 0.759. The topological polar surface area (TPSA) is 82.1 Å². The molecule has 0 aliphatic carbocycles. The van der Waals surface area contributed by atoms with Crippen LogP contribution in [-0.2, 0) is 0 Å². The Morgan fingerprint density at radius 1 is 0.400 bits per heavy atom. The van der Waals surface area contributed by atoms with E-state index in [1.54, 1.807) is 0 Å². The molecule has 0 aliphatic rings. The molecule has 0 fully saturated rings. The first kappa shape index (κ1) is 31.2. The van der Waals surface area contributed by atoms with Crippen molar-refractivity contribution in [1.29, 1.82) is 0 Å². The van der Waals surface area contributed by atoms with Crippen LogP contribution in [0.4, 0.5) is 22.7 Å². The largest absolute Gasteiger partial charge is 0.382 e. The fourth-order valence-corrected chi connectivity index (χ4v) is 6.45. The lowest BCUT2D eigenvalue weighted by Crippen LogP contribution is -2.38. The van der Waals surface area contributed by atoms with Crippen LogP contribution in [0, 0.1) is 0 Å². The summed E-state index contributed by atoms with van der Waals surface area (Å²) in [5.41, 5.74) is 8.10. The lowest BCUT2D eigenvalue weighted by molar-refractivity contribution is 0.302. The summed E-state index contributed by atoms with van der Waals surface area (Å²) in [6.07, 6.45) is 7.79.